The number of nitrogens with one attached hydrogen (secondary N) is 6. The first-order valence-corrected chi connectivity index (χ1v) is 19.8. The number of hydrogen-bond acceptors (Lipinski definition) is 8. The van der Waals surface area contributed by atoms with Crippen molar-refractivity contribution in [3.63, 3.8) is 0 Å². The predicted octanol–water partition coefficient (Wildman–Crippen LogP) is 2.40. The smallest absolute Gasteiger partial charge is 0.326 e. The second-order valence-electron chi connectivity index (χ2n) is 15.4. The number of para-hydroxylation sites is 1. The van der Waals surface area contributed by atoms with E-state index in [0.29, 0.717) is 18.4 Å². The third-order valence-corrected chi connectivity index (χ3v) is 10.3. The third kappa shape index (κ3) is 13.7. The molecule has 0 spiro atoms. The average Bonchev–Trinajstić information content (AvgIpc) is 3.59. The molecule has 5 amide bonds. The molecule has 10 N–H and O–H groups in total. The molecule has 316 valence electrons. The average molecular weight is 806 g/mol. The molecule has 8 atom stereocenters. The Hall–Kier alpha value is -5.77. The van der Waals surface area contributed by atoms with Gasteiger partial charge in [-0.1, -0.05) is 103 Å². The van der Waals surface area contributed by atoms with Crippen LogP contribution in [0.15, 0.2) is 60.8 Å². The molecular formula is C42H59N7O9. The van der Waals surface area contributed by atoms with Crippen LogP contribution in [0.2, 0.25) is 0 Å². The number of aromatic amines is 1. The lowest BCUT2D eigenvalue weighted by atomic mass is 9.94. The molecule has 58 heavy (non-hydrogen) atoms. The Bertz CT molecular complexity index is 1880. The summed E-state index contributed by atoms with van der Waals surface area (Å²) in [4.78, 5) is 95.6. The molecular weight excluding hydrogens is 747 g/mol. The van der Waals surface area contributed by atoms with Crippen LogP contribution in [0.4, 0.5) is 0 Å². The molecule has 0 saturated heterocycles. The molecule has 0 aliphatic heterocycles. The van der Waals surface area contributed by atoms with Crippen molar-refractivity contribution in [3.05, 3.63) is 71.9 Å². The molecule has 3 rings (SSSR count). The van der Waals surface area contributed by atoms with Gasteiger partial charge in [-0.15, -0.1) is 0 Å². The number of H-pyrrole nitrogens is 1. The van der Waals surface area contributed by atoms with E-state index in [4.69, 9.17) is 5.73 Å². The summed E-state index contributed by atoms with van der Waals surface area (Å²) < 4.78 is 0. The van der Waals surface area contributed by atoms with E-state index in [1.54, 1.807) is 33.9 Å². The number of carboxylic acid groups (broad SMARTS) is 2. The SMILES string of the molecule is CC[C@H](C)[C@H](NC(=O)[C@H](CC(=O)O)NC(=O)[C@H](CC(C)C)NC(=O)[C@H](N)Cc1ccccc1)C(=O)N[C@H](C(=O)N[C@@H](Cc1c[nH]c2ccccc12)C(=O)O)[C@@H](C)CC. The van der Waals surface area contributed by atoms with Crippen molar-refractivity contribution in [2.24, 2.45) is 23.5 Å². The molecule has 0 bridgehead atoms. The van der Waals surface area contributed by atoms with E-state index in [2.05, 4.69) is 31.6 Å². The van der Waals surface area contributed by atoms with E-state index in [1.807, 2.05) is 68.4 Å². The van der Waals surface area contributed by atoms with Crippen LogP contribution in [-0.2, 0) is 46.4 Å². The van der Waals surface area contributed by atoms with E-state index in [-0.39, 0.29) is 25.2 Å². The van der Waals surface area contributed by atoms with Crippen molar-refractivity contribution >= 4 is 52.4 Å². The van der Waals surface area contributed by atoms with E-state index in [0.717, 1.165) is 16.5 Å². The summed E-state index contributed by atoms with van der Waals surface area (Å²) in [6, 6.07) is 8.81. The summed E-state index contributed by atoms with van der Waals surface area (Å²) in [5, 5.41) is 33.5. The second-order valence-corrected chi connectivity index (χ2v) is 15.4. The first kappa shape index (κ1) is 46.6. The van der Waals surface area contributed by atoms with Gasteiger partial charge in [-0.25, -0.2) is 4.79 Å². The van der Waals surface area contributed by atoms with Gasteiger partial charge in [0.1, 0.15) is 30.2 Å². The largest absolute Gasteiger partial charge is 0.481 e. The Morgan fingerprint density at radius 1 is 0.638 bits per heavy atom. The van der Waals surface area contributed by atoms with E-state index >= 15 is 0 Å². The van der Waals surface area contributed by atoms with Gasteiger partial charge in [-0.3, -0.25) is 28.8 Å². The number of amides is 5. The van der Waals surface area contributed by atoms with Gasteiger partial charge in [-0.05, 0) is 47.8 Å². The Morgan fingerprint density at radius 2 is 1.16 bits per heavy atom. The minimum atomic E-state index is -1.65. The number of carbonyl (C=O) groups excluding carboxylic acids is 5. The maximum atomic E-state index is 14.0. The molecule has 0 unspecified atom stereocenters. The first-order chi connectivity index (χ1) is 27.4. The number of aromatic nitrogens is 1. The van der Waals surface area contributed by atoms with Crippen LogP contribution >= 0.6 is 0 Å². The highest BCUT2D eigenvalue weighted by molar-refractivity contribution is 5.97. The zero-order chi connectivity index (χ0) is 43.1. The van der Waals surface area contributed by atoms with Crippen LogP contribution in [0.5, 0.6) is 0 Å². The van der Waals surface area contributed by atoms with Crippen molar-refractivity contribution in [1.82, 2.24) is 31.6 Å². The Kier molecular flexibility index (Phi) is 17.9. The van der Waals surface area contributed by atoms with Crippen LogP contribution in [0.3, 0.4) is 0 Å². The lowest BCUT2D eigenvalue weighted by Gasteiger charge is -2.30. The minimum absolute atomic E-state index is 0.0311. The number of carboxylic acids is 2. The third-order valence-electron chi connectivity index (χ3n) is 10.3. The summed E-state index contributed by atoms with van der Waals surface area (Å²) >= 11 is 0. The van der Waals surface area contributed by atoms with E-state index in [1.165, 1.54) is 0 Å². The fourth-order valence-corrected chi connectivity index (χ4v) is 6.48. The predicted molar refractivity (Wildman–Crippen MR) is 218 cm³/mol. The van der Waals surface area contributed by atoms with Crippen LogP contribution in [0.1, 0.15) is 78.4 Å². The molecule has 0 radical (unpaired) electrons. The minimum Gasteiger partial charge on any atom is -0.481 e. The van der Waals surface area contributed by atoms with Crippen molar-refractivity contribution in [2.45, 2.75) is 116 Å². The topological polar surface area (TPSA) is 262 Å². The van der Waals surface area contributed by atoms with Gasteiger partial charge >= 0.3 is 11.9 Å². The van der Waals surface area contributed by atoms with Gasteiger partial charge < -0.3 is 47.5 Å². The fraction of sp³-hybridized carbons (Fsp3) is 0.500. The normalized spacial score (nSPS) is 15.4. The second kappa shape index (κ2) is 22.2. The number of carbonyl (C=O) groups is 7. The molecule has 1 aromatic heterocycles. The van der Waals surface area contributed by atoms with Crippen molar-refractivity contribution in [3.8, 4) is 0 Å². The molecule has 0 aliphatic rings. The monoisotopic (exact) mass is 805 g/mol. The summed E-state index contributed by atoms with van der Waals surface area (Å²) in [5.74, 6) is -7.65. The molecule has 0 aliphatic carbocycles. The van der Waals surface area contributed by atoms with Gasteiger partial charge in [0.15, 0.2) is 0 Å². The fourth-order valence-electron chi connectivity index (χ4n) is 6.48. The van der Waals surface area contributed by atoms with Crippen molar-refractivity contribution in [1.29, 1.82) is 0 Å². The summed E-state index contributed by atoms with van der Waals surface area (Å²) in [6.07, 6.45) is 1.98. The van der Waals surface area contributed by atoms with Crippen molar-refractivity contribution < 1.29 is 43.8 Å². The highest BCUT2D eigenvalue weighted by Gasteiger charge is 2.36. The highest BCUT2D eigenvalue weighted by atomic mass is 16.4. The van der Waals surface area contributed by atoms with Gasteiger partial charge in [0.05, 0.1) is 12.5 Å². The number of aliphatic carboxylic acids is 2. The summed E-state index contributed by atoms with van der Waals surface area (Å²) in [6.45, 7) is 10.6. The maximum absolute atomic E-state index is 14.0. The maximum Gasteiger partial charge on any atom is 0.326 e. The van der Waals surface area contributed by atoms with Crippen LogP contribution in [-0.4, -0.2) is 92.9 Å². The van der Waals surface area contributed by atoms with Gasteiger partial charge in [0.25, 0.3) is 0 Å². The number of hydrogen-bond donors (Lipinski definition) is 9. The molecule has 16 nitrogen and oxygen atoms in total. The Morgan fingerprint density at radius 3 is 1.72 bits per heavy atom. The molecule has 16 heteroatoms. The molecule has 3 aromatic rings. The number of fused-ring (bicyclic) bond motifs is 1. The Balaban J connectivity index is 1.78. The Labute approximate surface area is 338 Å². The zero-order valence-electron chi connectivity index (χ0n) is 34.0. The first-order valence-electron chi connectivity index (χ1n) is 19.8. The van der Waals surface area contributed by atoms with Crippen LogP contribution in [0.25, 0.3) is 10.9 Å². The van der Waals surface area contributed by atoms with Crippen LogP contribution < -0.4 is 32.3 Å². The summed E-state index contributed by atoms with van der Waals surface area (Å²) in [5.41, 5.74) is 8.46. The lowest BCUT2D eigenvalue weighted by Crippen LogP contribution is -2.61. The van der Waals surface area contributed by atoms with Gasteiger partial charge in [-0.2, -0.15) is 0 Å². The van der Waals surface area contributed by atoms with Gasteiger partial charge in [0.2, 0.25) is 29.5 Å². The molecule has 0 fully saturated rings. The quantitative estimate of drug-likeness (QED) is 0.0676. The highest BCUT2D eigenvalue weighted by Crippen LogP contribution is 2.20. The number of benzene rings is 2. The standard InChI is InChI=1S/C42H59N7O9/c1-7-24(5)35(40(55)47-33(42(57)58)20-27-22-44-30-17-13-12-16-28(27)30)49-41(56)36(25(6)8-2)48-39(54)32(21-34(50)51)46-38(53)31(18-23(3)4)45-37(52)29(43)19-26-14-10-9-11-15-26/h9-17,22-25,29,31-33,35-36,44H,7-8,18-21,43H2,1-6H3,(H,45,52)(H,46,53)(H,47,55)(H,48,54)(H,49,56)(H,50,51)(H,57,58)/t24-,25-,29+,31-,32-,33-,35-,36-/m0/s1. The lowest BCUT2D eigenvalue weighted by molar-refractivity contribution is -0.142. The molecule has 2 aromatic carbocycles. The number of nitrogens with two attached hydrogens (primary N) is 1. The van der Waals surface area contributed by atoms with E-state index in [9.17, 15) is 43.8 Å². The summed E-state index contributed by atoms with van der Waals surface area (Å²) in [7, 11) is 0. The number of rotatable bonds is 23. The van der Waals surface area contributed by atoms with Crippen LogP contribution in [0, 0.1) is 17.8 Å². The van der Waals surface area contributed by atoms with E-state index < -0.39 is 96.0 Å². The van der Waals surface area contributed by atoms with Crippen molar-refractivity contribution in [2.75, 3.05) is 0 Å². The molecule has 0 saturated carbocycles. The van der Waals surface area contributed by atoms with Gasteiger partial charge in [0, 0.05) is 23.5 Å². The zero-order valence-corrected chi connectivity index (χ0v) is 34.0. The molecule has 1 heterocycles.